The number of benzene rings is 1. The summed E-state index contributed by atoms with van der Waals surface area (Å²) in [4.78, 5) is 2.24. The molecule has 1 atom stereocenters. The summed E-state index contributed by atoms with van der Waals surface area (Å²) in [6.45, 7) is 3.16. The van der Waals surface area contributed by atoms with Gasteiger partial charge in [-0.25, -0.2) is 13.1 Å². The molecule has 1 aromatic carbocycles. The maximum atomic E-state index is 12.4. The highest BCUT2D eigenvalue weighted by molar-refractivity contribution is 7.91. The van der Waals surface area contributed by atoms with Crippen LogP contribution in [-0.2, 0) is 14.8 Å². The number of thiophene rings is 1. The Balaban J connectivity index is 1.78. The first-order valence-corrected chi connectivity index (χ1v) is 10.4. The van der Waals surface area contributed by atoms with Crippen LogP contribution in [0.2, 0.25) is 5.02 Å². The summed E-state index contributed by atoms with van der Waals surface area (Å²) in [6, 6.07) is 10.8. The van der Waals surface area contributed by atoms with Crippen LogP contribution >= 0.6 is 22.9 Å². The third-order valence-corrected chi connectivity index (χ3v) is 7.04. The molecule has 24 heavy (non-hydrogen) atoms. The molecule has 8 heteroatoms. The molecule has 1 aromatic heterocycles. The molecule has 0 spiro atoms. The van der Waals surface area contributed by atoms with Crippen LogP contribution in [-0.4, -0.2) is 46.2 Å². The van der Waals surface area contributed by atoms with Crippen LogP contribution in [0.15, 0.2) is 46.0 Å². The molecule has 3 rings (SSSR count). The van der Waals surface area contributed by atoms with Crippen molar-refractivity contribution < 1.29 is 13.2 Å². The zero-order valence-electron chi connectivity index (χ0n) is 13.0. The van der Waals surface area contributed by atoms with Gasteiger partial charge in [-0.2, -0.15) is 0 Å². The van der Waals surface area contributed by atoms with Crippen LogP contribution in [0.1, 0.15) is 11.6 Å². The first-order chi connectivity index (χ1) is 11.6. The molecule has 1 N–H and O–H groups in total. The monoisotopic (exact) mass is 386 g/mol. The zero-order valence-corrected chi connectivity index (χ0v) is 15.4. The first-order valence-electron chi connectivity index (χ1n) is 7.67. The number of nitrogens with one attached hydrogen (secondary N) is 1. The normalized spacial score (nSPS) is 17.7. The molecule has 0 radical (unpaired) electrons. The summed E-state index contributed by atoms with van der Waals surface area (Å²) in [5.74, 6) is 0. The van der Waals surface area contributed by atoms with Gasteiger partial charge >= 0.3 is 0 Å². The Labute approximate surface area is 151 Å². The van der Waals surface area contributed by atoms with Gasteiger partial charge in [-0.05, 0) is 29.1 Å². The van der Waals surface area contributed by atoms with E-state index in [9.17, 15) is 8.42 Å². The predicted octanol–water partition coefficient (Wildman–Crippen LogP) is 2.75. The summed E-state index contributed by atoms with van der Waals surface area (Å²) in [5.41, 5.74) is 1.04. The van der Waals surface area contributed by atoms with E-state index in [1.165, 1.54) is 11.3 Å². The van der Waals surface area contributed by atoms with Gasteiger partial charge in [0.25, 0.3) is 0 Å². The zero-order chi connectivity index (χ0) is 17.0. The highest BCUT2D eigenvalue weighted by Gasteiger charge is 2.25. The summed E-state index contributed by atoms with van der Waals surface area (Å²) >= 11 is 7.19. The number of hydrogen-bond donors (Lipinski definition) is 1. The van der Waals surface area contributed by atoms with E-state index in [4.69, 9.17) is 16.3 Å². The fourth-order valence-electron chi connectivity index (χ4n) is 2.71. The SMILES string of the molecule is O=S(=O)(NCC(c1ccc(Cl)cc1)N1CCOCC1)c1cccs1. The number of ether oxygens (including phenoxy) is 1. The van der Waals surface area contributed by atoms with Crippen LogP contribution in [0.25, 0.3) is 0 Å². The average Bonchev–Trinajstić information content (AvgIpc) is 3.13. The van der Waals surface area contributed by atoms with Crippen LogP contribution in [0.3, 0.4) is 0 Å². The minimum absolute atomic E-state index is 0.0547. The number of morpholine rings is 1. The summed E-state index contributed by atoms with van der Waals surface area (Å²) in [7, 11) is -3.48. The van der Waals surface area contributed by atoms with Gasteiger partial charge in [0, 0.05) is 30.7 Å². The minimum Gasteiger partial charge on any atom is -0.379 e. The standard InChI is InChI=1S/C16H19ClN2O3S2/c17-14-5-3-13(4-6-14)15(19-7-9-22-10-8-19)12-18-24(20,21)16-2-1-11-23-16/h1-6,11,15,18H,7-10,12H2. The van der Waals surface area contributed by atoms with E-state index < -0.39 is 10.0 Å². The number of hydrogen-bond acceptors (Lipinski definition) is 5. The average molecular weight is 387 g/mol. The lowest BCUT2D eigenvalue weighted by molar-refractivity contribution is 0.0172. The second-order valence-corrected chi connectivity index (χ2v) is 8.88. The van der Waals surface area contributed by atoms with Gasteiger partial charge < -0.3 is 4.74 Å². The van der Waals surface area contributed by atoms with Crippen molar-refractivity contribution >= 4 is 33.0 Å². The summed E-state index contributed by atoms with van der Waals surface area (Å²) in [6.07, 6.45) is 0. The van der Waals surface area contributed by atoms with Crippen molar-refractivity contribution in [1.82, 2.24) is 9.62 Å². The van der Waals surface area contributed by atoms with Crippen molar-refractivity contribution in [2.45, 2.75) is 10.3 Å². The molecule has 130 valence electrons. The topological polar surface area (TPSA) is 58.6 Å². The van der Waals surface area contributed by atoms with Crippen molar-refractivity contribution in [3.8, 4) is 0 Å². The molecular weight excluding hydrogens is 368 g/mol. The molecule has 0 aliphatic carbocycles. The van der Waals surface area contributed by atoms with E-state index in [2.05, 4.69) is 9.62 Å². The lowest BCUT2D eigenvalue weighted by Crippen LogP contribution is -2.43. The summed E-state index contributed by atoms with van der Waals surface area (Å²) < 4.78 is 33.3. The Morgan fingerprint density at radius 2 is 1.92 bits per heavy atom. The van der Waals surface area contributed by atoms with Crippen LogP contribution < -0.4 is 4.72 Å². The molecule has 1 fully saturated rings. The van der Waals surface area contributed by atoms with Gasteiger partial charge in [0.05, 0.1) is 13.2 Å². The van der Waals surface area contributed by atoms with Crippen molar-refractivity contribution in [2.75, 3.05) is 32.8 Å². The fourth-order valence-corrected chi connectivity index (χ4v) is 4.91. The minimum atomic E-state index is -3.48. The lowest BCUT2D eigenvalue weighted by atomic mass is 10.1. The molecule has 1 aliphatic heterocycles. The maximum absolute atomic E-state index is 12.4. The van der Waals surface area contributed by atoms with E-state index >= 15 is 0 Å². The Morgan fingerprint density at radius 3 is 2.54 bits per heavy atom. The van der Waals surface area contributed by atoms with Crippen LogP contribution in [0.5, 0.6) is 0 Å². The van der Waals surface area contributed by atoms with Crippen molar-refractivity contribution in [3.63, 3.8) is 0 Å². The largest absolute Gasteiger partial charge is 0.379 e. The van der Waals surface area contributed by atoms with Gasteiger partial charge in [-0.15, -0.1) is 11.3 Å². The molecule has 1 unspecified atom stereocenters. The van der Waals surface area contributed by atoms with Crippen molar-refractivity contribution in [1.29, 1.82) is 0 Å². The molecule has 2 aromatic rings. The number of rotatable bonds is 6. The molecule has 1 saturated heterocycles. The summed E-state index contributed by atoms with van der Waals surface area (Å²) in [5, 5.41) is 2.42. The van der Waals surface area contributed by atoms with Crippen molar-refractivity contribution in [2.24, 2.45) is 0 Å². The molecule has 2 heterocycles. The Morgan fingerprint density at radius 1 is 1.21 bits per heavy atom. The van der Waals surface area contributed by atoms with Crippen LogP contribution in [0, 0.1) is 0 Å². The first kappa shape index (κ1) is 17.8. The number of nitrogens with zero attached hydrogens (tertiary/aromatic N) is 1. The molecular formula is C16H19ClN2O3S2. The Kier molecular flexibility index (Phi) is 5.91. The second kappa shape index (κ2) is 7.95. The third-order valence-electron chi connectivity index (χ3n) is 3.97. The Hall–Kier alpha value is -0.960. The van der Waals surface area contributed by atoms with E-state index in [1.54, 1.807) is 17.5 Å². The fraction of sp³-hybridized carbons (Fsp3) is 0.375. The quantitative estimate of drug-likeness (QED) is 0.829. The smallest absolute Gasteiger partial charge is 0.250 e. The molecule has 1 aliphatic rings. The van der Waals surface area contributed by atoms with E-state index in [1.807, 2.05) is 24.3 Å². The highest BCUT2D eigenvalue weighted by Crippen LogP contribution is 2.24. The predicted molar refractivity (Wildman–Crippen MR) is 96.1 cm³/mol. The molecule has 5 nitrogen and oxygen atoms in total. The van der Waals surface area contributed by atoms with Gasteiger partial charge in [-0.1, -0.05) is 29.8 Å². The van der Waals surface area contributed by atoms with Crippen LogP contribution in [0.4, 0.5) is 0 Å². The van der Waals surface area contributed by atoms with Gasteiger partial charge in [0.15, 0.2) is 0 Å². The number of sulfonamides is 1. The molecule has 0 bridgehead atoms. The lowest BCUT2D eigenvalue weighted by Gasteiger charge is -2.34. The third kappa shape index (κ3) is 4.36. The van der Waals surface area contributed by atoms with E-state index in [-0.39, 0.29) is 6.04 Å². The Bertz CT molecular complexity index is 742. The second-order valence-electron chi connectivity index (χ2n) is 5.50. The van der Waals surface area contributed by atoms with E-state index in [0.717, 1.165) is 18.7 Å². The molecule has 0 saturated carbocycles. The van der Waals surface area contributed by atoms with Crippen molar-refractivity contribution in [3.05, 3.63) is 52.4 Å². The molecule has 0 amide bonds. The van der Waals surface area contributed by atoms with E-state index in [0.29, 0.717) is 29.0 Å². The van der Waals surface area contributed by atoms with Gasteiger partial charge in [0.1, 0.15) is 4.21 Å². The maximum Gasteiger partial charge on any atom is 0.250 e. The van der Waals surface area contributed by atoms with Gasteiger partial charge in [0.2, 0.25) is 10.0 Å². The highest BCUT2D eigenvalue weighted by atomic mass is 35.5. The number of halogens is 1. The van der Waals surface area contributed by atoms with Gasteiger partial charge in [-0.3, -0.25) is 4.90 Å².